The predicted molar refractivity (Wildman–Crippen MR) is 101 cm³/mol. The number of anilines is 1. The van der Waals surface area contributed by atoms with Crippen LogP contribution >= 0.6 is 11.3 Å². The van der Waals surface area contributed by atoms with Crippen molar-refractivity contribution in [1.29, 1.82) is 0 Å². The number of carbonyl (C=O) groups is 1. The number of hydrogen-bond acceptors (Lipinski definition) is 4. The summed E-state index contributed by atoms with van der Waals surface area (Å²) >= 11 is 1.52. The fourth-order valence-corrected chi connectivity index (χ4v) is 5.27. The van der Waals surface area contributed by atoms with E-state index in [0.717, 1.165) is 17.7 Å². The van der Waals surface area contributed by atoms with Gasteiger partial charge in [-0.05, 0) is 56.0 Å². The van der Waals surface area contributed by atoms with Crippen LogP contribution in [0.2, 0.25) is 0 Å². The van der Waals surface area contributed by atoms with E-state index in [1.165, 1.54) is 11.3 Å². The summed E-state index contributed by atoms with van der Waals surface area (Å²) in [6.07, 6.45) is 1.97. The number of sulfonamides is 1. The molecule has 2 heterocycles. The Bertz CT molecular complexity index is 857. The molecule has 0 spiro atoms. The van der Waals surface area contributed by atoms with Gasteiger partial charge in [0.25, 0.3) is 5.91 Å². The highest BCUT2D eigenvalue weighted by Gasteiger charge is 2.28. The quantitative estimate of drug-likeness (QED) is 0.881. The van der Waals surface area contributed by atoms with Crippen molar-refractivity contribution < 1.29 is 13.2 Å². The van der Waals surface area contributed by atoms with E-state index >= 15 is 0 Å². The van der Waals surface area contributed by atoms with Crippen LogP contribution in [0.1, 0.15) is 35.0 Å². The summed E-state index contributed by atoms with van der Waals surface area (Å²) in [4.78, 5) is 13.5. The Balaban J connectivity index is 1.72. The van der Waals surface area contributed by atoms with Gasteiger partial charge >= 0.3 is 0 Å². The molecule has 1 aliphatic rings. The summed E-state index contributed by atoms with van der Waals surface area (Å²) < 4.78 is 27.0. The van der Waals surface area contributed by atoms with Crippen LogP contribution in [0, 0.1) is 12.8 Å². The lowest BCUT2D eigenvalue weighted by Gasteiger charge is -2.30. The Kier molecular flexibility index (Phi) is 5.27. The minimum absolute atomic E-state index is 0.190. The van der Waals surface area contributed by atoms with Gasteiger partial charge in [-0.2, -0.15) is 4.31 Å². The van der Waals surface area contributed by atoms with E-state index in [-0.39, 0.29) is 10.8 Å². The van der Waals surface area contributed by atoms with Gasteiger partial charge in [0.1, 0.15) is 0 Å². The summed E-state index contributed by atoms with van der Waals surface area (Å²) in [5.74, 6) is 0.195. The molecular formula is C18H22N2O3S2. The van der Waals surface area contributed by atoms with Crippen LogP contribution in [0.15, 0.2) is 40.6 Å². The van der Waals surface area contributed by atoms with E-state index in [1.54, 1.807) is 34.0 Å². The minimum atomic E-state index is -3.47. The monoisotopic (exact) mass is 378 g/mol. The fourth-order valence-electron chi connectivity index (χ4n) is 2.99. The molecule has 1 unspecified atom stereocenters. The summed E-state index contributed by atoms with van der Waals surface area (Å²) in [6, 6.07) is 8.22. The topological polar surface area (TPSA) is 66.5 Å². The second kappa shape index (κ2) is 7.27. The Morgan fingerprint density at radius 1 is 1.28 bits per heavy atom. The molecule has 2 aromatic rings. The first-order valence-electron chi connectivity index (χ1n) is 8.33. The smallest absolute Gasteiger partial charge is 0.256 e. The summed E-state index contributed by atoms with van der Waals surface area (Å²) in [7, 11) is -3.47. The van der Waals surface area contributed by atoms with E-state index in [0.29, 0.717) is 30.3 Å². The third-order valence-corrected chi connectivity index (χ3v) is 7.10. The number of nitrogens with one attached hydrogen (secondary N) is 1. The molecular weight excluding hydrogens is 356 g/mol. The molecule has 0 radical (unpaired) electrons. The van der Waals surface area contributed by atoms with Gasteiger partial charge in [0.2, 0.25) is 10.0 Å². The predicted octanol–water partition coefficient (Wildman–Crippen LogP) is 3.73. The fraction of sp³-hybridized carbons (Fsp3) is 0.389. The van der Waals surface area contributed by atoms with Crippen molar-refractivity contribution >= 4 is 33.0 Å². The number of aryl methyl sites for hydroxylation is 1. The third kappa shape index (κ3) is 4.11. The molecule has 7 heteroatoms. The Hall–Kier alpha value is -1.70. The molecule has 1 atom stereocenters. The molecule has 25 heavy (non-hydrogen) atoms. The molecule has 0 aliphatic carbocycles. The number of hydrogen-bond donors (Lipinski definition) is 1. The molecule has 1 fully saturated rings. The summed E-state index contributed by atoms with van der Waals surface area (Å²) in [5.41, 5.74) is 1.20. The molecule has 1 saturated heterocycles. The molecule has 1 aliphatic heterocycles. The van der Waals surface area contributed by atoms with Gasteiger partial charge < -0.3 is 5.32 Å². The van der Waals surface area contributed by atoms with Crippen LogP contribution in [-0.4, -0.2) is 31.7 Å². The van der Waals surface area contributed by atoms with E-state index < -0.39 is 10.0 Å². The lowest BCUT2D eigenvalue weighted by molar-refractivity contribution is 0.102. The van der Waals surface area contributed by atoms with Gasteiger partial charge in [0.05, 0.1) is 10.5 Å². The first-order valence-corrected chi connectivity index (χ1v) is 10.6. The Labute approximate surface area is 152 Å². The zero-order valence-corrected chi connectivity index (χ0v) is 16.0. The number of benzene rings is 1. The van der Waals surface area contributed by atoms with Gasteiger partial charge in [-0.15, -0.1) is 11.3 Å². The lowest BCUT2D eigenvalue weighted by Crippen LogP contribution is -2.39. The molecule has 5 nitrogen and oxygen atoms in total. The third-order valence-electron chi connectivity index (χ3n) is 4.36. The van der Waals surface area contributed by atoms with E-state index in [9.17, 15) is 13.2 Å². The zero-order valence-electron chi connectivity index (χ0n) is 14.4. The SMILES string of the molecule is Cc1cc(C(=O)Nc2ccc(S(=O)(=O)N3CCCC(C)C3)cc2)cs1. The van der Waals surface area contributed by atoms with Crippen molar-refractivity contribution in [1.82, 2.24) is 4.31 Å². The highest BCUT2D eigenvalue weighted by molar-refractivity contribution is 7.89. The normalized spacial score (nSPS) is 18.9. The molecule has 0 saturated carbocycles. The molecule has 0 bridgehead atoms. The maximum atomic E-state index is 12.7. The Morgan fingerprint density at radius 2 is 2.00 bits per heavy atom. The van der Waals surface area contributed by atoms with E-state index in [4.69, 9.17) is 0 Å². The number of piperidine rings is 1. The van der Waals surface area contributed by atoms with Crippen LogP contribution in [0.3, 0.4) is 0 Å². The largest absolute Gasteiger partial charge is 0.322 e. The van der Waals surface area contributed by atoms with Crippen LogP contribution in [0.4, 0.5) is 5.69 Å². The second-order valence-corrected chi connectivity index (χ2v) is 9.59. The second-order valence-electron chi connectivity index (χ2n) is 6.53. The highest BCUT2D eigenvalue weighted by Crippen LogP contribution is 2.24. The first-order chi connectivity index (χ1) is 11.9. The number of amides is 1. The van der Waals surface area contributed by atoms with Crippen molar-refractivity contribution in [3.05, 3.63) is 46.2 Å². The minimum Gasteiger partial charge on any atom is -0.322 e. The maximum absolute atomic E-state index is 12.7. The summed E-state index contributed by atoms with van der Waals surface area (Å²) in [6.45, 7) is 5.16. The standard InChI is InChI=1S/C18H22N2O3S2/c1-13-4-3-9-20(11-13)25(22,23)17-7-5-16(6-8-17)19-18(21)15-10-14(2)24-12-15/h5-8,10,12-13H,3-4,9,11H2,1-2H3,(H,19,21). The van der Waals surface area contributed by atoms with Gasteiger partial charge in [-0.3, -0.25) is 4.79 Å². The van der Waals surface area contributed by atoms with Crippen molar-refractivity contribution in [2.75, 3.05) is 18.4 Å². The first kappa shape index (κ1) is 18.1. The van der Waals surface area contributed by atoms with Crippen LogP contribution in [0.25, 0.3) is 0 Å². The van der Waals surface area contributed by atoms with Crippen LogP contribution < -0.4 is 5.32 Å². The molecule has 1 aromatic carbocycles. The Morgan fingerprint density at radius 3 is 2.60 bits per heavy atom. The highest BCUT2D eigenvalue weighted by atomic mass is 32.2. The van der Waals surface area contributed by atoms with E-state index in [1.807, 2.05) is 13.0 Å². The van der Waals surface area contributed by atoms with Gasteiger partial charge in [0, 0.05) is 29.0 Å². The van der Waals surface area contributed by atoms with Crippen LogP contribution in [-0.2, 0) is 10.0 Å². The molecule has 1 amide bonds. The molecule has 1 aromatic heterocycles. The van der Waals surface area contributed by atoms with Crippen molar-refractivity contribution in [2.24, 2.45) is 5.92 Å². The molecule has 134 valence electrons. The summed E-state index contributed by atoms with van der Waals surface area (Å²) in [5, 5.41) is 4.60. The average Bonchev–Trinajstić information content (AvgIpc) is 3.02. The van der Waals surface area contributed by atoms with Crippen molar-refractivity contribution in [3.8, 4) is 0 Å². The number of thiophene rings is 1. The molecule has 3 rings (SSSR count). The van der Waals surface area contributed by atoms with Crippen LogP contribution in [0.5, 0.6) is 0 Å². The number of carbonyl (C=O) groups excluding carboxylic acids is 1. The number of nitrogens with zero attached hydrogens (tertiary/aromatic N) is 1. The van der Waals surface area contributed by atoms with Gasteiger partial charge in [-0.25, -0.2) is 8.42 Å². The van der Waals surface area contributed by atoms with Gasteiger partial charge in [-0.1, -0.05) is 6.92 Å². The maximum Gasteiger partial charge on any atom is 0.256 e. The zero-order chi connectivity index (χ0) is 18.0. The van der Waals surface area contributed by atoms with E-state index in [2.05, 4.69) is 12.2 Å². The number of rotatable bonds is 4. The van der Waals surface area contributed by atoms with Gasteiger partial charge in [0.15, 0.2) is 0 Å². The molecule has 1 N–H and O–H groups in total. The average molecular weight is 379 g/mol. The lowest BCUT2D eigenvalue weighted by atomic mass is 10.0. The van der Waals surface area contributed by atoms with Crippen molar-refractivity contribution in [2.45, 2.75) is 31.6 Å². The van der Waals surface area contributed by atoms with Crippen molar-refractivity contribution in [3.63, 3.8) is 0 Å².